The molecule has 4 unspecified atom stereocenters. The van der Waals surface area contributed by atoms with Gasteiger partial charge >= 0.3 is 0 Å². The largest absolute Gasteiger partial charge is 0.0848 e. The second-order valence-electron chi connectivity index (χ2n) is 7.62. The number of allylic oxidation sites excluding steroid dienone is 10. The van der Waals surface area contributed by atoms with E-state index < -0.39 is 0 Å². The zero-order valence-electron chi connectivity index (χ0n) is 13.6. The first-order valence-electron chi connectivity index (χ1n) is 9.27. The topological polar surface area (TPSA) is 0 Å². The summed E-state index contributed by atoms with van der Waals surface area (Å²) in [7, 11) is 0. The molecule has 0 aromatic carbocycles. The average Bonchev–Trinajstić information content (AvgIpc) is 3.37. The molecule has 0 aromatic rings. The molecule has 0 N–H and O–H groups in total. The van der Waals surface area contributed by atoms with Gasteiger partial charge in [-0.25, -0.2) is 0 Å². The van der Waals surface area contributed by atoms with Crippen LogP contribution < -0.4 is 0 Å². The zero-order valence-corrected chi connectivity index (χ0v) is 13.6. The molecule has 116 valence electrons. The van der Waals surface area contributed by atoms with Crippen molar-refractivity contribution in [2.24, 2.45) is 23.7 Å². The third-order valence-electron chi connectivity index (χ3n) is 6.34. The van der Waals surface area contributed by atoms with Gasteiger partial charge in [0.05, 0.1) is 0 Å². The fraction of sp³-hybridized carbons (Fsp3) is 0.545. The van der Waals surface area contributed by atoms with Gasteiger partial charge in [0.25, 0.3) is 0 Å². The Bertz CT molecular complexity index is 507. The molecule has 0 heterocycles. The average molecular weight is 292 g/mol. The number of hydrogen-bond acceptors (Lipinski definition) is 0. The molecule has 5 rings (SSSR count). The van der Waals surface area contributed by atoms with E-state index in [9.17, 15) is 0 Å². The van der Waals surface area contributed by atoms with Crippen LogP contribution in [0.25, 0.3) is 0 Å². The summed E-state index contributed by atoms with van der Waals surface area (Å²) in [4.78, 5) is 0. The SMILES string of the molecule is C1=CC2CC1C1CCCC21.C1=CCC(CCC2=CC=CC2)=C1. The van der Waals surface area contributed by atoms with Crippen molar-refractivity contribution in [1.29, 1.82) is 0 Å². The van der Waals surface area contributed by atoms with Gasteiger partial charge in [0.15, 0.2) is 0 Å². The Hall–Kier alpha value is -1.30. The first kappa shape index (κ1) is 14.3. The Morgan fingerprint density at radius 3 is 1.77 bits per heavy atom. The van der Waals surface area contributed by atoms with Crippen LogP contribution >= 0.6 is 0 Å². The summed E-state index contributed by atoms with van der Waals surface area (Å²) in [6.07, 6.45) is 29.2. The Labute approximate surface area is 135 Å². The van der Waals surface area contributed by atoms with Crippen molar-refractivity contribution in [2.45, 2.75) is 51.4 Å². The highest BCUT2D eigenvalue weighted by Gasteiger charge is 2.46. The highest BCUT2D eigenvalue weighted by Crippen LogP contribution is 2.55. The first-order chi connectivity index (χ1) is 10.9. The molecular weight excluding hydrogens is 264 g/mol. The normalized spacial score (nSPS) is 36.4. The van der Waals surface area contributed by atoms with Crippen molar-refractivity contribution >= 4 is 0 Å². The third-order valence-corrected chi connectivity index (χ3v) is 6.34. The molecule has 2 bridgehead atoms. The lowest BCUT2D eigenvalue weighted by Gasteiger charge is -2.19. The van der Waals surface area contributed by atoms with Crippen LogP contribution in [0.2, 0.25) is 0 Å². The fourth-order valence-corrected chi connectivity index (χ4v) is 5.15. The summed E-state index contributed by atoms with van der Waals surface area (Å²) < 4.78 is 0. The van der Waals surface area contributed by atoms with E-state index in [1.165, 1.54) is 51.4 Å². The van der Waals surface area contributed by atoms with Gasteiger partial charge in [0.1, 0.15) is 0 Å². The molecule has 22 heavy (non-hydrogen) atoms. The molecule has 0 amide bonds. The van der Waals surface area contributed by atoms with Crippen LogP contribution in [0.5, 0.6) is 0 Å². The molecule has 0 aliphatic heterocycles. The van der Waals surface area contributed by atoms with Crippen molar-refractivity contribution in [3.8, 4) is 0 Å². The van der Waals surface area contributed by atoms with E-state index in [-0.39, 0.29) is 0 Å². The Morgan fingerprint density at radius 1 is 0.773 bits per heavy atom. The molecule has 0 nitrogen and oxygen atoms in total. The van der Waals surface area contributed by atoms with Gasteiger partial charge in [-0.2, -0.15) is 0 Å². The molecule has 5 aliphatic rings. The molecule has 5 aliphatic carbocycles. The van der Waals surface area contributed by atoms with Crippen LogP contribution in [0.4, 0.5) is 0 Å². The molecule has 2 fully saturated rings. The van der Waals surface area contributed by atoms with E-state index in [1.54, 1.807) is 11.1 Å². The van der Waals surface area contributed by atoms with Gasteiger partial charge in [-0.1, -0.05) is 66.2 Å². The number of hydrogen-bond donors (Lipinski definition) is 0. The second-order valence-corrected chi connectivity index (χ2v) is 7.62. The maximum absolute atomic E-state index is 2.48. The molecule has 0 saturated heterocycles. The lowest BCUT2D eigenvalue weighted by atomic mass is 9.86. The minimum Gasteiger partial charge on any atom is -0.0848 e. The molecule has 4 atom stereocenters. The predicted molar refractivity (Wildman–Crippen MR) is 94.5 cm³/mol. The summed E-state index contributed by atoms with van der Waals surface area (Å²) in [5, 5.41) is 0. The van der Waals surface area contributed by atoms with Crippen molar-refractivity contribution < 1.29 is 0 Å². The Morgan fingerprint density at radius 2 is 1.32 bits per heavy atom. The van der Waals surface area contributed by atoms with E-state index in [1.807, 2.05) is 0 Å². The quantitative estimate of drug-likeness (QED) is 0.547. The highest BCUT2D eigenvalue weighted by atomic mass is 14.5. The molecule has 0 spiro atoms. The molecule has 0 radical (unpaired) electrons. The standard InChI is InChI=1S/C12H14.C10H14/c1-2-6-11(5-1)9-10-12-7-3-4-8-12;1-2-9-7-4-5-8(6-7)10(9)3-1/h1-5,7H,6,8-10H2;4-5,7-10H,1-3,6H2. The van der Waals surface area contributed by atoms with Crippen molar-refractivity contribution in [1.82, 2.24) is 0 Å². The van der Waals surface area contributed by atoms with Crippen molar-refractivity contribution in [3.05, 3.63) is 59.8 Å². The van der Waals surface area contributed by atoms with Crippen LogP contribution in [0, 0.1) is 23.7 Å². The minimum atomic E-state index is 1.01. The third kappa shape index (κ3) is 2.93. The lowest BCUT2D eigenvalue weighted by molar-refractivity contribution is 0.364. The second kappa shape index (κ2) is 6.44. The van der Waals surface area contributed by atoms with Crippen molar-refractivity contribution in [2.75, 3.05) is 0 Å². The van der Waals surface area contributed by atoms with Gasteiger partial charge in [-0.15, -0.1) is 0 Å². The Kier molecular flexibility index (Phi) is 4.19. The minimum absolute atomic E-state index is 1.01. The van der Waals surface area contributed by atoms with E-state index in [0.717, 1.165) is 23.7 Å². The van der Waals surface area contributed by atoms with Crippen LogP contribution in [-0.2, 0) is 0 Å². The summed E-state index contributed by atoms with van der Waals surface area (Å²) in [6.45, 7) is 0. The monoisotopic (exact) mass is 292 g/mol. The van der Waals surface area contributed by atoms with Gasteiger partial charge in [-0.3, -0.25) is 0 Å². The molecule has 2 saturated carbocycles. The van der Waals surface area contributed by atoms with Crippen molar-refractivity contribution in [3.63, 3.8) is 0 Å². The summed E-state index contributed by atoms with van der Waals surface area (Å²) >= 11 is 0. The van der Waals surface area contributed by atoms with Crippen LogP contribution in [0.15, 0.2) is 59.8 Å². The fourth-order valence-electron chi connectivity index (χ4n) is 5.15. The maximum Gasteiger partial charge on any atom is -0.0132 e. The summed E-state index contributed by atoms with van der Waals surface area (Å²) in [5.74, 6) is 4.26. The number of fused-ring (bicyclic) bond motifs is 5. The van der Waals surface area contributed by atoms with E-state index in [0.29, 0.717) is 0 Å². The van der Waals surface area contributed by atoms with Gasteiger partial charge in [0.2, 0.25) is 0 Å². The summed E-state index contributed by atoms with van der Waals surface area (Å²) in [5.41, 5.74) is 3.17. The number of rotatable bonds is 3. The highest BCUT2D eigenvalue weighted by molar-refractivity contribution is 5.27. The molecule has 0 aromatic heterocycles. The maximum atomic E-state index is 2.48. The van der Waals surface area contributed by atoms with E-state index >= 15 is 0 Å². The van der Waals surface area contributed by atoms with Gasteiger partial charge in [-0.05, 0) is 68.6 Å². The first-order valence-corrected chi connectivity index (χ1v) is 9.27. The van der Waals surface area contributed by atoms with E-state index in [4.69, 9.17) is 0 Å². The van der Waals surface area contributed by atoms with Gasteiger partial charge < -0.3 is 0 Å². The summed E-state index contributed by atoms with van der Waals surface area (Å²) in [6, 6.07) is 0. The predicted octanol–water partition coefficient (Wildman–Crippen LogP) is 6.15. The smallest absolute Gasteiger partial charge is 0.0132 e. The molecule has 0 heteroatoms. The Balaban J connectivity index is 0.000000115. The molecular formula is C22H28. The van der Waals surface area contributed by atoms with Gasteiger partial charge in [0, 0.05) is 0 Å². The van der Waals surface area contributed by atoms with Crippen LogP contribution in [0.1, 0.15) is 51.4 Å². The van der Waals surface area contributed by atoms with E-state index in [2.05, 4.69) is 48.6 Å². The lowest BCUT2D eigenvalue weighted by Crippen LogP contribution is -2.12. The van der Waals surface area contributed by atoms with Crippen LogP contribution in [0.3, 0.4) is 0 Å². The zero-order chi connectivity index (χ0) is 14.8. The van der Waals surface area contributed by atoms with Crippen LogP contribution in [-0.4, -0.2) is 0 Å².